The van der Waals surface area contributed by atoms with Crippen LogP contribution in [0.2, 0.25) is 0 Å². The molecule has 4 heterocycles. The SMILES string of the molecule is Cc1ccncc1-c1ccc(C[n+]2cc(NC(=O)Nc3cncc(C(F)(F)F)c3)on2)nc1. The number of aryl methyl sites for hydroxylation is 1. The molecule has 33 heavy (non-hydrogen) atoms. The number of carbonyl (C=O) groups is 1. The number of carbonyl (C=O) groups excluding carboxylic acids is 1. The van der Waals surface area contributed by atoms with E-state index in [0.717, 1.165) is 29.0 Å². The molecule has 9 nitrogen and oxygen atoms in total. The number of alkyl halides is 3. The van der Waals surface area contributed by atoms with Gasteiger partial charge in [-0.25, -0.2) is 4.79 Å². The maximum Gasteiger partial charge on any atom is 0.417 e. The first-order valence-electron chi connectivity index (χ1n) is 9.60. The Kier molecular flexibility index (Phi) is 5.98. The number of pyridine rings is 3. The highest BCUT2D eigenvalue weighted by atomic mass is 19.4. The van der Waals surface area contributed by atoms with E-state index in [1.807, 2.05) is 25.1 Å². The van der Waals surface area contributed by atoms with Crippen molar-refractivity contribution in [3.63, 3.8) is 0 Å². The van der Waals surface area contributed by atoms with Crippen molar-refractivity contribution in [3.8, 4) is 11.1 Å². The number of hydrogen-bond acceptors (Lipinski definition) is 6. The molecule has 0 atom stereocenters. The summed E-state index contributed by atoms with van der Waals surface area (Å²) >= 11 is 0. The van der Waals surface area contributed by atoms with Crippen molar-refractivity contribution in [2.45, 2.75) is 19.6 Å². The zero-order chi connectivity index (χ0) is 23.4. The van der Waals surface area contributed by atoms with Crippen LogP contribution in [0.5, 0.6) is 0 Å². The molecule has 0 aliphatic heterocycles. The molecule has 0 spiro atoms. The lowest BCUT2D eigenvalue weighted by Crippen LogP contribution is -2.35. The van der Waals surface area contributed by atoms with E-state index in [4.69, 9.17) is 4.52 Å². The van der Waals surface area contributed by atoms with Crippen molar-refractivity contribution in [1.82, 2.24) is 20.2 Å². The maximum absolute atomic E-state index is 12.8. The van der Waals surface area contributed by atoms with Crippen molar-refractivity contribution in [1.29, 1.82) is 0 Å². The fourth-order valence-electron chi connectivity index (χ4n) is 2.96. The van der Waals surface area contributed by atoms with Crippen molar-refractivity contribution < 1.29 is 27.2 Å². The number of halogens is 3. The van der Waals surface area contributed by atoms with Crippen LogP contribution in [0.4, 0.5) is 29.5 Å². The van der Waals surface area contributed by atoms with Gasteiger partial charge in [-0.05, 0) is 35.4 Å². The number of nitrogens with zero attached hydrogens (tertiary/aromatic N) is 5. The zero-order valence-electron chi connectivity index (χ0n) is 17.2. The minimum atomic E-state index is -4.57. The molecule has 4 rings (SSSR count). The van der Waals surface area contributed by atoms with Crippen LogP contribution >= 0.6 is 0 Å². The molecule has 0 unspecified atom stereocenters. The van der Waals surface area contributed by atoms with Crippen LogP contribution in [-0.4, -0.2) is 26.3 Å². The number of nitrogens with one attached hydrogen (secondary N) is 2. The van der Waals surface area contributed by atoms with E-state index in [0.29, 0.717) is 11.9 Å². The number of hydrogen-bond donors (Lipinski definition) is 2. The summed E-state index contributed by atoms with van der Waals surface area (Å²) in [4.78, 5) is 24.1. The van der Waals surface area contributed by atoms with Crippen LogP contribution in [0.1, 0.15) is 16.8 Å². The van der Waals surface area contributed by atoms with E-state index in [1.54, 1.807) is 18.6 Å². The molecule has 0 aliphatic rings. The third-order valence-corrected chi connectivity index (χ3v) is 4.57. The van der Waals surface area contributed by atoms with E-state index >= 15 is 0 Å². The highest BCUT2D eigenvalue weighted by molar-refractivity contribution is 5.98. The third kappa shape index (κ3) is 5.47. The lowest BCUT2D eigenvalue weighted by atomic mass is 10.1. The van der Waals surface area contributed by atoms with E-state index in [9.17, 15) is 18.0 Å². The standard InChI is InChI=1S/C21H16F3N7O2/c1-13-4-5-25-10-18(13)14-2-3-16(27-7-14)11-31-12-19(33-30-31)29-20(32)28-17-6-15(8-26-9-17)21(22,23)24/h2-10,12H,11H2,1H3,(H-,28,29,30,32)/p+1. The summed E-state index contributed by atoms with van der Waals surface area (Å²) < 4.78 is 44.7. The highest BCUT2D eigenvalue weighted by Crippen LogP contribution is 2.30. The van der Waals surface area contributed by atoms with Gasteiger partial charge in [-0.1, -0.05) is 6.07 Å². The molecular weight excluding hydrogens is 439 g/mol. The van der Waals surface area contributed by atoms with Crippen molar-refractivity contribution in [3.05, 3.63) is 78.3 Å². The first-order chi connectivity index (χ1) is 15.8. The Labute approximate surface area is 185 Å². The molecule has 0 aliphatic carbocycles. The molecule has 0 bridgehead atoms. The number of aromatic nitrogens is 5. The van der Waals surface area contributed by atoms with Crippen molar-refractivity contribution in [2.75, 3.05) is 10.6 Å². The Bertz CT molecular complexity index is 1270. The van der Waals surface area contributed by atoms with E-state index < -0.39 is 17.8 Å². The summed E-state index contributed by atoms with van der Waals surface area (Å²) in [5.74, 6) is -0.00459. The van der Waals surface area contributed by atoms with Crippen LogP contribution in [0.3, 0.4) is 0 Å². The summed E-state index contributed by atoms with van der Waals surface area (Å²) in [6.07, 6.45) is 3.85. The van der Waals surface area contributed by atoms with Gasteiger partial charge in [-0.2, -0.15) is 13.2 Å². The summed E-state index contributed by atoms with van der Waals surface area (Å²) in [5.41, 5.74) is 2.60. The van der Waals surface area contributed by atoms with Crippen LogP contribution in [0, 0.1) is 6.92 Å². The second kappa shape index (κ2) is 9.02. The van der Waals surface area contributed by atoms with Gasteiger partial charge in [0.15, 0.2) is 0 Å². The first-order valence-corrected chi connectivity index (χ1v) is 9.60. The third-order valence-electron chi connectivity index (χ3n) is 4.57. The second-order valence-corrected chi connectivity index (χ2v) is 7.03. The summed E-state index contributed by atoms with van der Waals surface area (Å²) in [7, 11) is 0. The number of urea groups is 1. The van der Waals surface area contributed by atoms with Gasteiger partial charge in [-0.3, -0.25) is 24.8 Å². The van der Waals surface area contributed by atoms with Crippen LogP contribution in [-0.2, 0) is 12.7 Å². The van der Waals surface area contributed by atoms with Crippen LogP contribution < -0.4 is 15.3 Å². The summed E-state index contributed by atoms with van der Waals surface area (Å²) in [6.45, 7) is 2.26. The zero-order valence-corrected chi connectivity index (χ0v) is 17.2. The predicted octanol–water partition coefficient (Wildman–Crippen LogP) is 3.83. The Balaban J connectivity index is 1.36. The number of amides is 2. The second-order valence-electron chi connectivity index (χ2n) is 7.03. The predicted molar refractivity (Wildman–Crippen MR) is 110 cm³/mol. The van der Waals surface area contributed by atoms with Crippen molar-refractivity contribution in [2.24, 2.45) is 0 Å². The van der Waals surface area contributed by atoms with Crippen LogP contribution in [0.25, 0.3) is 11.1 Å². The molecule has 2 N–H and O–H groups in total. The van der Waals surface area contributed by atoms with E-state index in [2.05, 4.69) is 30.9 Å². The van der Waals surface area contributed by atoms with Gasteiger partial charge in [0.1, 0.15) is 5.69 Å². The average molecular weight is 456 g/mol. The fraction of sp³-hybridized carbons (Fsp3) is 0.143. The smallest absolute Gasteiger partial charge is 0.306 e. The lowest BCUT2D eigenvalue weighted by molar-refractivity contribution is -0.755. The Morgan fingerprint density at radius 1 is 1.09 bits per heavy atom. The Morgan fingerprint density at radius 2 is 1.94 bits per heavy atom. The monoisotopic (exact) mass is 456 g/mol. The summed E-state index contributed by atoms with van der Waals surface area (Å²) in [5, 5.41) is 8.42. The number of rotatable bonds is 5. The molecule has 12 heteroatoms. The van der Waals surface area contributed by atoms with Gasteiger partial charge in [0.2, 0.25) is 11.8 Å². The minimum absolute atomic E-state index is 0.00459. The maximum atomic E-state index is 12.8. The molecular formula is C21H17F3N7O2+. The fourth-order valence-corrected chi connectivity index (χ4v) is 2.96. The van der Waals surface area contributed by atoms with Gasteiger partial charge in [0.05, 0.1) is 17.4 Å². The van der Waals surface area contributed by atoms with Crippen LogP contribution in [0.15, 0.2) is 66.0 Å². The summed E-state index contributed by atoms with van der Waals surface area (Å²) in [6, 6.07) is 5.64. The largest absolute Gasteiger partial charge is 0.417 e. The van der Waals surface area contributed by atoms with E-state index in [1.165, 1.54) is 10.9 Å². The lowest BCUT2D eigenvalue weighted by Gasteiger charge is -2.08. The molecule has 4 aromatic heterocycles. The van der Waals surface area contributed by atoms with Gasteiger partial charge in [0, 0.05) is 35.9 Å². The molecule has 4 aromatic rings. The number of anilines is 2. The first kappa shape index (κ1) is 21.9. The van der Waals surface area contributed by atoms with E-state index in [-0.39, 0.29) is 18.1 Å². The molecule has 2 amide bonds. The molecule has 0 saturated heterocycles. The highest BCUT2D eigenvalue weighted by Gasteiger charge is 2.31. The molecule has 168 valence electrons. The quantitative estimate of drug-likeness (QED) is 0.442. The minimum Gasteiger partial charge on any atom is -0.306 e. The van der Waals surface area contributed by atoms with Gasteiger partial charge >= 0.3 is 18.1 Å². The molecule has 0 saturated carbocycles. The van der Waals surface area contributed by atoms with Crippen molar-refractivity contribution >= 4 is 17.6 Å². The van der Waals surface area contributed by atoms with Gasteiger partial charge in [-0.15, -0.1) is 0 Å². The molecule has 0 radical (unpaired) electrons. The molecule has 0 aromatic carbocycles. The normalized spacial score (nSPS) is 11.3. The van der Waals surface area contributed by atoms with Gasteiger partial charge < -0.3 is 5.32 Å². The topological polar surface area (TPSA) is 110 Å². The Hall–Kier alpha value is -4.35. The molecule has 0 fully saturated rings. The Morgan fingerprint density at radius 3 is 2.67 bits per heavy atom. The van der Waals surface area contributed by atoms with Gasteiger partial charge in [0.25, 0.3) is 6.20 Å². The average Bonchev–Trinajstić information content (AvgIpc) is 3.21.